The van der Waals surface area contributed by atoms with E-state index in [0.29, 0.717) is 0 Å². The minimum Gasteiger partial charge on any atom is -0.321 e. The van der Waals surface area contributed by atoms with Crippen LogP contribution >= 0.6 is 15.9 Å². The van der Waals surface area contributed by atoms with Gasteiger partial charge in [-0.3, -0.25) is 4.68 Å². The molecule has 0 aliphatic heterocycles. The van der Waals surface area contributed by atoms with Crippen molar-refractivity contribution in [2.45, 2.75) is 58.2 Å². The lowest BCUT2D eigenvalue weighted by molar-refractivity contribution is 0.101. The van der Waals surface area contributed by atoms with Crippen molar-refractivity contribution in [3.8, 4) is 0 Å². The highest BCUT2D eigenvalue weighted by Gasteiger charge is 2.39. The van der Waals surface area contributed by atoms with Gasteiger partial charge in [-0.05, 0) is 49.3 Å². The van der Waals surface area contributed by atoms with Crippen LogP contribution < -0.4 is 5.73 Å². The molecule has 0 fully saturated rings. The quantitative estimate of drug-likeness (QED) is 0.835. The van der Waals surface area contributed by atoms with Gasteiger partial charge in [0.15, 0.2) is 0 Å². The van der Waals surface area contributed by atoms with Crippen molar-refractivity contribution >= 4 is 15.9 Å². The molecular weight excluding hydrogens is 304 g/mol. The fraction of sp³-hybridized carbons (Fsp3) is 0.786. The van der Waals surface area contributed by atoms with Crippen molar-refractivity contribution in [2.75, 3.05) is 14.1 Å². The Morgan fingerprint density at radius 1 is 1.37 bits per heavy atom. The van der Waals surface area contributed by atoms with Crippen LogP contribution in [-0.4, -0.2) is 34.3 Å². The van der Waals surface area contributed by atoms with Gasteiger partial charge in [0.25, 0.3) is 0 Å². The van der Waals surface area contributed by atoms with Gasteiger partial charge < -0.3 is 10.6 Å². The molecule has 1 aromatic heterocycles. The van der Waals surface area contributed by atoms with Gasteiger partial charge in [-0.25, -0.2) is 0 Å². The number of nitrogens with zero attached hydrogens (tertiary/aromatic N) is 3. The van der Waals surface area contributed by atoms with Crippen LogP contribution in [0.4, 0.5) is 0 Å². The SMILES string of the molecule is CCCn1ncc(Br)c1C(N)C(CC)(CC)N(C)C. The van der Waals surface area contributed by atoms with Gasteiger partial charge in [0.2, 0.25) is 0 Å². The molecule has 110 valence electrons. The second kappa shape index (κ2) is 6.86. The van der Waals surface area contributed by atoms with E-state index < -0.39 is 0 Å². The molecule has 1 unspecified atom stereocenters. The van der Waals surface area contributed by atoms with E-state index in [1.165, 1.54) is 0 Å². The maximum Gasteiger partial charge on any atom is 0.0712 e. The third-order valence-corrected chi connectivity index (χ3v) is 4.87. The molecule has 4 nitrogen and oxygen atoms in total. The van der Waals surface area contributed by atoms with E-state index in [4.69, 9.17) is 5.73 Å². The van der Waals surface area contributed by atoms with Gasteiger partial charge in [0.05, 0.1) is 22.4 Å². The summed E-state index contributed by atoms with van der Waals surface area (Å²) in [4.78, 5) is 2.26. The summed E-state index contributed by atoms with van der Waals surface area (Å²) in [5, 5.41) is 4.44. The lowest BCUT2D eigenvalue weighted by Gasteiger charge is -2.43. The van der Waals surface area contributed by atoms with Crippen molar-refractivity contribution in [3.63, 3.8) is 0 Å². The Morgan fingerprint density at radius 3 is 2.37 bits per heavy atom. The third-order valence-electron chi connectivity index (χ3n) is 4.26. The molecule has 19 heavy (non-hydrogen) atoms. The zero-order chi connectivity index (χ0) is 14.6. The predicted molar refractivity (Wildman–Crippen MR) is 84.1 cm³/mol. The van der Waals surface area contributed by atoms with Crippen LogP contribution in [0.2, 0.25) is 0 Å². The molecule has 0 aliphatic carbocycles. The van der Waals surface area contributed by atoms with E-state index in [9.17, 15) is 0 Å². The molecule has 1 heterocycles. The average Bonchev–Trinajstić information content (AvgIpc) is 2.72. The Kier molecular flexibility index (Phi) is 6.02. The van der Waals surface area contributed by atoms with E-state index in [1.807, 2.05) is 10.9 Å². The Labute approximate surface area is 125 Å². The minimum atomic E-state index is -0.0547. The number of hydrogen-bond donors (Lipinski definition) is 1. The highest BCUT2D eigenvalue weighted by molar-refractivity contribution is 9.10. The predicted octanol–water partition coefficient (Wildman–Crippen LogP) is 3.18. The van der Waals surface area contributed by atoms with Gasteiger partial charge in [0.1, 0.15) is 0 Å². The number of halogens is 1. The first-order chi connectivity index (χ1) is 8.94. The highest BCUT2D eigenvalue weighted by Crippen LogP contribution is 2.37. The summed E-state index contributed by atoms with van der Waals surface area (Å²) in [5.41, 5.74) is 7.72. The average molecular weight is 331 g/mol. The summed E-state index contributed by atoms with van der Waals surface area (Å²) in [5.74, 6) is 0. The molecule has 5 heteroatoms. The fourth-order valence-corrected chi connectivity index (χ4v) is 3.47. The summed E-state index contributed by atoms with van der Waals surface area (Å²) in [6, 6.07) is -0.0547. The van der Waals surface area contributed by atoms with Crippen molar-refractivity contribution in [1.82, 2.24) is 14.7 Å². The second-order valence-electron chi connectivity index (χ2n) is 5.28. The molecule has 1 atom stereocenters. The Hall–Kier alpha value is -0.390. The van der Waals surface area contributed by atoms with Crippen molar-refractivity contribution in [1.29, 1.82) is 0 Å². The molecule has 2 N–H and O–H groups in total. The fourth-order valence-electron chi connectivity index (χ4n) is 2.93. The molecule has 0 saturated carbocycles. The van der Waals surface area contributed by atoms with Gasteiger partial charge >= 0.3 is 0 Å². The van der Waals surface area contributed by atoms with Crippen molar-refractivity contribution < 1.29 is 0 Å². The van der Waals surface area contributed by atoms with Crippen molar-refractivity contribution in [3.05, 3.63) is 16.4 Å². The monoisotopic (exact) mass is 330 g/mol. The van der Waals surface area contributed by atoms with E-state index in [0.717, 1.165) is 36.0 Å². The van der Waals surface area contributed by atoms with Gasteiger partial charge in [-0.2, -0.15) is 5.10 Å². The lowest BCUT2D eigenvalue weighted by atomic mass is 9.82. The van der Waals surface area contributed by atoms with Gasteiger partial charge in [0, 0.05) is 12.1 Å². The van der Waals surface area contributed by atoms with Gasteiger partial charge in [-0.1, -0.05) is 20.8 Å². The van der Waals surface area contributed by atoms with E-state index >= 15 is 0 Å². The smallest absolute Gasteiger partial charge is 0.0712 e. The molecule has 0 spiro atoms. The molecule has 0 aromatic carbocycles. The van der Waals surface area contributed by atoms with Crippen LogP contribution in [0.5, 0.6) is 0 Å². The Morgan fingerprint density at radius 2 is 1.95 bits per heavy atom. The van der Waals surface area contributed by atoms with E-state index in [2.05, 4.69) is 60.8 Å². The normalized spacial score (nSPS) is 14.1. The number of aryl methyl sites for hydroxylation is 1. The maximum atomic E-state index is 6.64. The molecule has 0 amide bonds. The van der Waals surface area contributed by atoms with Crippen molar-refractivity contribution in [2.24, 2.45) is 5.73 Å². The number of aromatic nitrogens is 2. The summed E-state index contributed by atoms with van der Waals surface area (Å²) in [6.07, 6.45) is 4.94. The highest BCUT2D eigenvalue weighted by atomic mass is 79.9. The standard InChI is InChI=1S/C14H27BrN4/c1-6-9-19-12(11(15)10-17-19)13(16)14(7-2,8-3)18(4)5/h10,13H,6-9,16H2,1-5H3. The summed E-state index contributed by atoms with van der Waals surface area (Å²) in [7, 11) is 4.22. The minimum absolute atomic E-state index is 0.0337. The van der Waals surface area contributed by atoms with Crippen LogP contribution in [0.25, 0.3) is 0 Å². The maximum absolute atomic E-state index is 6.64. The molecule has 1 aromatic rings. The van der Waals surface area contributed by atoms with Crippen LogP contribution in [0.15, 0.2) is 10.7 Å². The molecule has 0 bridgehead atoms. The Bertz CT molecular complexity index is 396. The zero-order valence-corrected chi connectivity index (χ0v) is 14.4. The van der Waals surface area contributed by atoms with Crippen LogP contribution in [0.1, 0.15) is 51.8 Å². The first kappa shape index (κ1) is 16.7. The first-order valence-electron chi connectivity index (χ1n) is 7.08. The number of nitrogens with two attached hydrogens (primary N) is 1. The van der Waals surface area contributed by atoms with E-state index in [-0.39, 0.29) is 11.6 Å². The van der Waals surface area contributed by atoms with E-state index in [1.54, 1.807) is 0 Å². The number of likely N-dealkylation sites (N-methyl/N-ethyl adjacent to an activating group) is 1. The zero-order valence-electron chi connectivity index (χ0n) is 12.8. The number of rotatable bonds is 7. The lowest BCUT2D eigenvalue weighted by Crippen LogP contribution is -2.52. The van der Waals surface area contributed by atoms with Crippen LogP contribution in [-0.2, 0) is 6.54 Å². The first-order valence-corrected chi connectivity index (χ1v) is 7.88. The molecular formula is C14H27BrN4. The molecule has 0 aliphatic rings. The summed E-state index contributed by atoms with van der Waals surface area (Å²) in [6.45, 7) is 7.48. The van der Waals surface area contributed by atoms with Crippen LogP contribution in [0.3, 0.4) is 0 Å². The topological polar surface area (TPSA) is 47.1 Å². The second-order valence-corrected chi connectivity index (χ2v) is 6.14. The summed E-state index contributed by atoms with van der Waals surface area (Å²) >= 11 is 3.61. The van der Waals surface area contributed by atoms with Crippen LogP contribution in [0, 0.1) is 0 Å². The van der Waals surface area contributed by atoms with Gasteiger partial charge in [-0.15, -0.1) is 0 Å². The molecule has 1 rings (SSSR count). The molecule has 0 radical (unpaired) electrons. The summed E-state index contributed by atoms with van der Waals surface area (Å²) < 4.78 is 3.06. The largest absolute Gasteiger partial charge is 0.321 e. The Balaban J connectivity index is 3.23. The third kappa shape index (κ3) is 3.03. The number of hydrogen-bond acceptors (Lipinski definition) is 3. The molecule has 0 saturated heterocycles.